The summed E-state index contributed by atoms with van der Waals surface area (Å²) in [6.45, 7) is 7.50. The summed E-state index contributed by atoms with van der Waals surface area (Å²) in [5.41, 5.74) is 2.15. The van der Waals surface area contributed by atoms with Crippen molar-refractivity contribution in [1.29, 1.82) is 0 Å². The average molecular weight is 344 g/mol. The molecular formula is C18H24N4O3. The lowest BCUT2D eigenvalue weighted by Gasteiger charge is -2.42. The molecule has 1 fully saturated rings. The van der Waals surface area contributed by atoms with Crippen LogP contribution < -0.4 is 0 Å². The zero-order chi connectivity index (χ0) is 18.0. The lowest BCUT2D eigenvalue weighted by Crippen LogP contribution is -2.55. The van der Waals surface area contributed by atoms with Gasteiger partial charge in [0.05, 0.1) is 24.0 Å². The summed E-state index contributed by atoms with van der Waals surface area (Å²) in [6, 6.07) is 5.63. The fourth-order valence-electron chi connectivity index (χ4n) is 3.28. The number of carbonyl (C=O) groups excluding carboxylic acids is 1. The lowest BCUT2D eigenvalue weighted by molar-refractivity contribution is -0.143. The van der Waals surface area contributed by atoms with E-state index in [1.165, 1.54) is 6.33 Å². The van der Waals surface area contributed by atoms with Crippen LogP contribution in [0, 0.1) is 6.92 Å². The van der Waals surface area contributed by atoms with Gasteiger partial charge in [0.25, 0.3) is 5.91 Å². The normalized spacial score (nSPS) is 19.8. The first-order chi connectivity index (χ1) is 11.9. The minimum absolute atomic E-state index is 0.00529. The Morgan fingerprint density at radius 3 is 2.88 bits per heavy atom. The van der Waals surface area contributed by atoms with Crippen molar-refractivity contribution in [3.05, 3.63) is 42.0 Å². The van der Waals surface area contributed by atoms with E-state index >= 15 is 0 Å². The molecule has 25 heavy (non-hydrogen) atoms. The molecule has 3 rings (SSSR count). The fraction of sp³-hybridized carbons (Fsp3) is 0.500. The number of benzene rings is 1. The number of hydrogen-bond donors (Lipinski definition) is 0. The predicted molar refractivity (Wildman–Crippen MR) is 92.8 cm³/mol. The first kappa shape index (κ1) is 17.6. The number of morpholine rings is 1. The summed E-state index contributed by atoms with van der Waals surface area (Å²) in [4.78, 5) is 18.8. The molecule has 0 unspecified atom stereocenters. The van der Waals surface area contributed by atoms with Gasteiger partial charge in [-0.05, 0) is 44.5 Å². The van der Waals surface area contributed by atoms with Gasteiger partial charge < -0.3 is 14.4 Å². The van der Waals surface area contributed by atoms with Crippen molar-refractivity contribution in [2.75, 3.05) is 26.8 Å². The van der Waals surface area contributed by atoms with Crippen LogP contribution in [0.2, 0.25) is 0 Å². The Morgan fingerprint density at radius 1 is 1.44 bits per heavy atom. The summed E-state index contributed by atoms with van der Waals surface area (Å²) in [6.07, 6.45) is 3.02. The zero-order valence-corrected chi connectivity index (χ0v) is 15.1. The molecule has 1 aromatic carbocycles. The van der Waals surface area contributed by atoms with Gasteiger partial charge in [0.2, 0.25) is 0 Å². The van der Waals surface area contributed by atoms with Crippen molar-refractivity contribution in [1.82, 2.24) is 19.7 Å². The Labute approximate surface area is 147 Å². The number of aromatic nitrogens is 3. The van der Waals surface area contributed by atoms with Gasteiger partial charge in [0.1, 0.15) is 12.7 Å². The van der Waals surface area contributed by atoms with Crippen molar-refractivity contribution in [2.45, 2.75) is 32.5 Å². The van der Waals surface area contributed by atoms with Gasteiger partial charge in [-0.25, -0.2) is 9.67 Å². The maximum absolute atomic E-state index is 13.0. The fourth-order valence-corrected chi connectivity index (χ4v) is 3.28. The largest absolute Gasteiger partial charge is 0.382 e. The molecule has 0 aliphatic carbocycles. The molecule has 134 valence electrons. The summed E-state index contributed by atoms with van der Waals surface area (Å²) >= 11 is 0. The molecule has 1 aliphatic rings. The van der Waals surface area contributed by atoms with Gasteiger partial charge in [0, 0.05) is 25.8 Å². The minimum atomic E-state index is -0.396. The third kappa shape index (κ3) is 3.88. The highest BCUT2D eigenvalue weighted by Crippen LogP contribution is 2.24. The Hall–Kier alpha value is -2.25. The van der Waals surface area contributed by atoms with Crippen LogP contribution in [0.4, 0.5) is 0 Å². The van der Waals surface area contributed by atoms with E-state index in [-0.39, 0.29) is 12.0 Å². The van der Waals surface area contributed by atoms with Crippen LogP contribution in [-0.2, 0) is 9.47 Å². The molecule has 7 nitrogen and oxygen atoms in total. The van der Waals surface area contributed by atoms with E-state index in [4.69, 9.17) is 9.47 Å². The van der Waals surface area contributed by atoms with E-state index in [9.17, 15) is 4.79 Å². The number of rotatable bonds is 4. The van der Waals surface area contributed by atoms with E-state index in [1.807, 2.05) is 43.9 Å². The van der Waals surface area contributed by atoms with E-state index < -0.39 is 5.60 Å². The van der Waals surface area contributed by atoms with Crippen LogP contribution in [0.25, 0.3) is 5.69 Å². The first-order valence-electron chi connectivity index (χ1n) is 8.31. The maximum atomic E-state index is 13.0. The van der Waals surface area contributed by atoms with Crippen LogP contribution in [0.1, 0.15) is 29.8 Å². The number of nitrogens with zero attached hydrogens (tertiary/aromatic N) is 4. The van der Waals surface area contributed by atoms with Crippen molar-refractivity contribution in [3.63, 3.8) is 0 Å². The summed E-state index contributed by atoms with van der Waals surface area (Å²) in [5.74, 6) is 0.00529. The number of carbonyl (C=O) groups is 1. The molecule has 0 saturated carbocycles. The summed E-state index contributed by atoms with van der Waals surface area (Å²) < 4.78 is 12.9. The van der Waals surface area contributed by atoms with E-state index in [0.717, 1.165) is 11.3 Å². The molecule has 1 atom stereocenters. The van der Waals surface area contributed by atoms with Crippen molar-refractivity contribution < 1.29 is 14.3 Å². The molecular weight excluding hydrogens is 320 g/mol. The van der Waals surface area contributed by atoms with Gasteiger partial charge in [-0.15, -0.1) is 0 Å². The van der Waals surface area contributed by atoms with Crippen LogP contribution in [-0.4, -0.2) is 64.1 Å². The van der Waals surface area contributed by atoms with Gasteiger partial charge in [-0.2, -0.15) is 5.10 Å². The second-order valence-corrected chi connectivity index (χ2v) is 6.98. The number of methoxy groups -OCH3 is 1. The average Bonchev–Trinajstić information content (AvgIpc) is 3.07. The van der Waals surface area contributed by atoms with Gasteiger partial charge >= 0.3 is 0 Å². The van der Waals surface area contributed by atoms with Crippen molar-refractivity contribution in [2.24, 2.45) is 0 Å². The Balaban J connectivity index is 1.81. The molecule has 0 bridgehead atoms. The number of ether oxygens (including phenoxy) is 2. The second kappa shape index (κ2) is 6.93. The van der Waals surface area contributed by atoms with Crippen molar-refractivity contribution >= 4 is 5.91 Å². The Kier molecular flexibility index (Phi) is 4.87. The Morgan fingerprint density at radius 2 is 2.24 bits per heavy atom. The highest BCUT2D eigenvalue weighted by atomic mass is 16.5. The maximum Gasteiger partial charge on any atom is 0.254 e. The van der Waals surface area contributed by atoms with Gasteiger partial charge in [-0.3, -0.25) is 4.79 Å². The van der Waals surface area contributed by atoms with Crippen molar-refractivity contribution in [3.8, 4) is 5.69 Å². The molecule has 1 amide bonds. The van der Waals surface area contributed by atoms with Crippen LogP contribution in [0.3, 0.4) is 0 Å². The number of amides is 1. The highest BCUT2D eigenvalue weighted by Gasteiger charge is 2.35. The zero-order valence-electron chi connectivity index (χ0n) is 15.1. The highest BCUT2D eigenvalue weighted by molar-refractivity contribution is 5.94. The third-order valence-corrected chi connectivity index (χ3v) is 4.23. The van der Waals surface area contributed by atoms with E-state index in [0.29, 0.717) is 25.3 Å². The van der Waals surface area contributed by atoms with Gasteiger partial charge in [0.15, 0.2) is 0 Å². The number of aryl methyl sites for hydroxylation is 1. The number of hydrogen-bond acceptors (Lipinski definition) is 5. The lowest BCUT2D eigenvalue weighted by atomic mass is 10.0. The van der Waals surface area contributed by atoms with Gasteiger partial charge in [-0.1, -0.05) is 0 Å². The van der Waals surface area contributed by atoms with Crippen LogP contribution in [0.15, 0.2) is 30.9 Å². The molecule has 2 heterocycles. The van der Waals surface area contributed by atoms with E-state index in [1.54, 1.807) is 18.1 Å². The SMILES string of the molecule is COC[C@H]1CN(C(=O)c2ccc(-n3cncn3)c(C)c2)CC(C)(C)O1. The topological polar surface area (TPSA) is 69.5 Å². The first-order valence-corrected chi connectivity index (χ1v) is 8.31. The Bertz CT molecular complexity index is 743. The quantitative estimate of drug-likeness (QED) is 0.846. The standard InChI is InChI=1S/C18H24N4O3/c1-13-7-14(5-6-16(13)22-12-19-11-20-22)17(23)21-8-15(9-24-4)25-18(2,3)10-21/h5-7,11-12,15H,8-10H2,1-4H3/t15-/m1/s1. The van der Waals surface area contributed by atoms with E-state index in [2.05, 4.69) is 10.1 Å². The molecule has 1 saturated heterocycles. The molecule has 0 spiro atoms. The molecule has 0 N–H and O–H groups in total. The smallest absolute Gasteiger partial charge is 0.254 e. The molecule has 7 heteroatoms. The predicted octanol–water partition coefficient (Wildman–Crippen LogP) is 1.84. The second-order valence-electron chi connectivity index (χ2n) is 6.98. The minimum Gasteiger partial charge on any atom is -0.382 e. The molecule has 1 aliphatic heterocycles. The monoisotopic (exact) mass is 344 g/mol. The van der Waals surface area contributed by atoms with Crippen LogP contribution >= 0.6 is 0 Å². The third-order valence-electron chi connectivity index (χ3n) is 4.23. The summed E-state index contributed by atoms with van der Waals surface area (Å²) in [7, 11) is 1.64. The van der Waals surface area contributed by atoms with Crippen LogP contribution in [0.5, 0.6) is 0 Å². The molecule has 0 radical (unpaired) electrons. The summed E-state index contributed by atoms with van der Waals surface area (Å²) in [5, 5.41) is 4.14. The molecule has 1 aromatic heterocycles. The molecule has 2 aromatic rings.